The average Bonchev–Trinajstić information content (AvgIpc) is 3.92. The first-order chi connectivity index (χ1) is 27.8. The molecule has 0 radical (unpaired) electrons. The van der Waals surface area contributed by atoms with Gasteiger partial charge in [0.1, 0.15) is 37.0 Å². The van der Waals surface area contributed by atoms with Crippen LogP contribution in [0.25, 0.3) is 36.4 Å². The van der Waals surface area contributed by atoms with Crippen LogP contribution in [0.3, 0.4) is 0 Å². The highest BCUT2D eigenvalue weighted by Gasteiger charge is 2.59. The van der Waals surface area contributed by atoms with Crippen LogP contribution in [-0.2, 0) is 19.1 Å². The molecule has 58 heavy (non-hydrogen) atoms. The Kier molecular flexibility index (Phi) is 10.6. The fourth-order valence-electron chi connectivity index (χ4n) is 9.09. The van der Waals surface area contributed by atoms with Crippen molar-refractivity contribution in [3.8, 4) is 10.6 Å². The van der Waals surface area contributed by atoms with Gasteiger partial charge in [0.25, 0.3) is 0 Å². The first-order valence-electron chi connectivity index (χ1n) is 20.3. The SMILES string of the molecule is COC(=O)NC(C(=O)N1CCCC1C1=NC=C(c2cc3c(C)c4sc(-c5cnc(C6CCCN6C(=O)C(NC(=O)OC)C(C)C)[nH]5)cc4c(C)c3s2)[N+]12CC2)C(C)C. The lowest BCUT2D eigenvalue weighted by Gasteiger charge is -2.31. The molecular formula is C42H53N8O6S2+. The van der Waals surface area contributed by atoms with Crippen LogP contribution in [0.2, 0.25) is 0 Å². The molecule has 16 heteroatoms. The van der Waals surface area contributed by atoms with Gasteiger partial charge in [0.2, 0.25) is 17.6 Å². The van der Waals surface area contributed by atoms with Crippen LogP contribution in [0, 0.1) is 25.7 Å². The quantitative estimate of drug-likeness (QED) is 0.114. The molecule has 8 rings (SSSR count). The zero-order chi connectivity index (χ0) is 41.2. The largest absolute Gasteiger partial charge is 0.453 e. The number of amides is 4. The molecule has 3 N–H and O–H groups in total. The number of ether oxygens (including phenoxy) is 2. The third kappa shape index (κ3) is 6.76. The van der Waals surface area contributed by atoms with Gasteiger partial charge in [-0.25, -0.2) is 24.0 Å². The number of benzene rings is 1. The molecule has 1 aromatic carbocycles. The van der Waals surface area contributed by atoms with Gasteiger partial charge in [-0.15, -0.1) is 22.7 Å². The van der Waals surface area contributed by atoms with Crippen molar-refractivity contribution in [3.05, 3.63) is 46.4 Å². The molecule has 0 saturated carbocycles. The van der Waals surface area contributed by atoms with E-state index in [4.69, 9.17) is 19.5 Å². The molecule has 308 valence electrons. The first-order valence-corrected chi connectivity index (χ1v) is 21.9. The summed E-state index contributed by atoms with van der Waals surface area (Å²) in [6.45, 7) is 15.2. The first kappa shape index (κ1) is 40.0. The normalized spacial score (nSPS) is 20.9. The molecule has 0 aliphatic carbocycles. The smallest absolute Gasteiger partial charge is 0.407 e. The molecule has 0 bridgehead atoms. The Morgan fingerprint density at radius 1 is 0.810 bits per heavy atom. The number of hydrogen-bond donors (Lipinski definition) is 3. The number of carbonyl (C=O) groups is 4. The summed E-state index contributed by atoms with van der Waals surface area (Å²) in [5, 5.41) is 7.95. The summed E-state index contributed by atoms with van der Waals surface area (Å²) in [6.07, 6.45) is 6.06. The number of nitrogens with zero attached hydrogens (tertiary/aromatic N) is 5. The highest BCUT2D eigenvalue weighted by atomic mass is 32.1. The Morgan fingerprint density at radius 2 is 1.33 bits per heavy atom. The number of H-pyrrole nitrogens is 1. The number of methoxy groups -OCH3 is 2. The van der Waals surface area contributed by atoms with Gasteiger partial charge in [-0.2, -0.15) is 0 Å². The lowest BCUT2D eigenvalue weighted by atomic mass is 10.0. The maximum absolute atomic E-state index is 13.9. The molecule has 4 aliphatic heterocycles. The van der Waals surface area contributed by atoms with Crippen molar-refractivity contribution >= 4 is 78.4 Å². The number of aryl methyl sites for hydroxylation is 2. The van der Waals surface area contributed by atoms with Crippen molar-refractivity contribution in [3.63, 3.8) is 0 Å². The van der Waals surface area contributed by atoms with E-state index >= 15 is 0 Å². The van der Waals surface area contributed by atoms with Crippen molar-refractivity contribution in [2.24, 2.45) is 16.8 Å². The van der Waals surface area contributed by atoms with E-state index in [0.29, 0.717) is 17.6 Å². The van der Waals surface area contributed by atoms with Crippen LogP contribution in [0.15, 0.2) is 29.5 Å². The molecule has 4 aliphatic rings. The maximum Gasteiger partial charge on any atom is 0.407 e. The fraction of sp³-hybridized carbons (Fsp3) is 0.524. The highest BCUT2D eigenvalue weighted by Crippen LogP contribution is 2.49. The monoisotopic (exact) mass is 829 g/mol. The average molecular weight is 830 g/mol. The summed E-state index contributed by atoms with van der Waals surface area (Å²) in [7, 11) is 2.61. The van der Waals surface area contributed by atoms with E-state index in [-0.39, 0.29) is 35.7 Å². The predicted octanol–water partition coefficient (Wildman–Crippen LogP) is 7.08. The predicted molar refractivity (Wildman–Crippen MR) is 226 cm³/mol. The van der Waals surface area contributed by atoms with Gasteiger partial charge in [0, 0.05) is 22.5 Å². The van der Waals surface area contributed by atoms with E-state index in [9.17, 15) is 19.2 Å². The van der Waals surface area contributed by atoms with Gasteiger partial charge in [-0.05, 0) is 85.4 Å². The Bertz CT molecular complexity index is 2310. The number of aromatic nitrogens is 2. The van der Waals surface area contributed by atoms with Crippen LogP contribution >= 0.6 is 22.7 Å². The molecule has 4 amide bonds. The summed E-state index contributed by atoms with van der Waals surface area (Å²) in [5.74, 6) is 1.37. The molecule has 3 saturated heterocycles. The van der Waals surface area contributed by atoms with E-state index in [2.05, 4.69) is 41.6 Å². The van der Waals surface area contributed by atoms with Crippen LogP contribution in [0.5, 0.6) is 0 Å². The van der Waals surface area contributed by atoms with Crippen LogP contribution in [0.4, 0.5) is 9.59 Å². The second kappa shape index (κ2) is 15.4. The highest BCUT2D eigenvalue weighted by molar-refractivity contribution is 7.23. The summed E-state index contributed by atoms with van der Waals surface area (Å²) >= 11 is 3.56. The fourth-order valence-corrected chi connectivity index (χ4v) is 11.6. The van der Waals surface area contributed by atoms with Gasteiger partial charge in [-0.1, -0.05) is 27.7 Å². The molecule has 4 atom stereocenters. The number of quaternary nitrogens is 1. The number of likely N-dealkylation sites (tertiary alicyclic amines) is 2. The van der Waals surface area contributed by atoms with Crippen LogP contribution in [0.1, 0.15) is 81.2 Å². The van der Waals surface area contributed by atoms with Gasteiger partial charge >= 0.3 is 12.2 Å². The number of thiophene rings is 2. The van der Waals surface area contributed by atoms with Crippen molar-refractivity contribution in [1.29, 1.82) is 0 Å². The number of rotatable bonds is 10. The van der Waals surface area contributed by atoms with E-state index in [1.54, 1.807) is 11.3 Å². The maximum atomic E-state index is 13.9. The second-order valence-electron chi connectivity index (χ2n) is 16.7. The number of nitrogens with one attached hydrogen (secondary N) is 3. The molecular weight excluding hydrogens is 777 g/mol. The van der Waals surface area contributed by atoms with Gasteiger partial charge < -0.3 is 34.9 Å². The number of carbonyl (C=O) groups excluding carboxylic acids is 4. The minimum atomic E-state index is -0.687. The zero-order valence-electron chi connectivity index (χ0n) is 34.4. The zero-order valence-corrected chi connectivity index (χ0v) is 36.1. The number of hydrogen-bond acceptors (Lipinski definition) is 10. The topological polar surface area (TPSA) is 158 Å². The number of amidine groups is 1. The van der Waals surface area contributed by atoms with Crippen molar-refractivity contribution in [1.82, 2.24) is 30.4 Å². The summed E-state index contributed by atoms with van der Waals surface area (Å²) in [6, 6.07) is 2.90. The van der Waals surface area contributed by atoms with Gasteiger partial charge in [-0.3, -0.25) is 9.59 Å². The Labute approximate surface area is 346 Å². The Hall–Kier alpha value is -4.80. The van der Waals surface area contributed by atoms with Crippen LogP contribution in [-0.4, -0.2) is 113 Å². The molecule has 3 aromatic heterocycles. The van der Waals surface area contributed by atoms with E-state index in [1.165, 1.54) is 56.1 Å². The molecule has 7 heterocycles. The lowest BCUT2D eigenvalue weighted by Crippen LogP contribution is -2.55. The minimum absolute atomic E-state index is 0.0849. The molecule has 14 nitrogen and oxygen atoms in total. The third-order valence-electron chi connectivity index (χ3n) is 12.4. The Balaban J connectivity index is 1.03. The number of alkyl carbamates (subject to hydrolysis) is 2. The number of aliphatic imine (C=N–C) groups is 1. The number of imidazole rings is 1. The summed E-state index contributed by atoms with van der Waals surface area (Å²) in [4.78, 5) is 71.2. The second-order valence-corrected chi connectivity index (χ2v) is 18.8. The van der Waals surface area contributed by atoms with E-state index in [1.807, 2.05) is 61.2 Å². The number of fused-ring (bicyclic) bond motifs is 2. The molecule has 4 aromatic rings. The van der Waals surface area contributed by atoms with Gasteiger partial charge in [0.15, 0.2) is 5.70 Å². The van der Waals surface area contributed by atoms with Crippen molar-refractivity contribution in [2.45, 2.75) is 91.4 Å². The molecule has 4 unspecified atom stereocenters. The standard InChI is InChI=1S/C42H52N8O6S2/c1-21(2)33(46-41(53)55-7)39(51)48-13-9-11-28(48)37-43-19-27(45-37)31-17-25-23(5)36-26(24(6)35(25)57-31)18-32(58-36)30-20-44-38(50(30)15-16-50)29-12-10-14-49(29)40(52)34(22(3)4)47-42(54)56-8/h17-22,28-29,33-34H,9-16H2,1-8H3,(H2-,43,45,46,47,53,54)/p+1. The number of aromatic amines is 1. The Morgan fingerprint density at radius 3 is 1.86 bits per heavy atom. The third-order valence-corrected chi connectivity index (χ3v) is 15.0. The van der Waals surface area contributed by atoms with Crippen LogP contribution < -0.4 is 10.6 Å². The minimum Gasteiger partial charge on any atom is -0.453 e. The van der Waals surface area contributed by atoms with E-state index < -0.39 is 24.3 Å². The van der Waals surface area contributed by atoms with E-state index in [0.717, 1.165) is 61.0 Å². The van der Waals surface area contributed by atoms with Gasteiger partial charge in [0.05, 0.1) is 48.1 Å². The van der Waals surface area contributed by atoms with Crippen molar-refractivity contribution in [2.75, 3.05) is 40.4 Å². The molecule has 3 fully saturated rings. The summed E-state index contributed by atoms with van der Waals surface area (Å²) < 4.78 is 12.8. The lowest BCUT2D eigenvalue weighted by molar-refractivity contribution is -0.613. The molecule has 1 spiro atoms. The van der Waals surface area contributed by atoms with Crippen molar-refractivity contribution < 1.29 is 33.1 Å². The summed E-state index contributed by atoms with van der Waals surface area (Å²) in [5.41, 5.74) is 4.58.